The van der Waals surface area contributed by atoms with Gasteiger partial charge in [-0.3, -0.25) is 19.5 Å². The van der Waals surface area contributed by atoms with Crippen LogP contribution in [0.3, 0.4) is 0 Å². The van der Waals surface area contributed by atoms with Crippen LogP contribution in [0.5, 0.6) is 11.5 Å². The fraction of sp³-hybridized carbons (Fsp3) is 0.321. The number of ketones is 1. The highest BCUT2D eigenvalue weighted by Gasteiger charge is 2.48. The zero-order chi connectivity index (χ0) is 28.1. The number of hydrogen-bond donors (Lipinski definition) is 1. The lowest BCUT2D eigenvalue weighted by molar-refractivity contribution is -0.132. The third-order valence-electron chi connectivity index (χ3n) is 6.11. The first kappa shape index (κ1) is 27.8. The van der Waals surface area contributed by atoms with Gasteiger partial charge in [-0.25, -0.2) is 9.78 Å². The van der Waals surface area contributed by atoms with E-state index in [1.54, 1.807) is 32.0 Å². The molecule has 0 bridgehead atoms. The SMILES string of the molecule is CCCCOc1ccc(C2/C(=C(\O)c3ccncc3)C(=O)C(=O)N2c2nc(C)c(C(=O)OCC)s2)cc1OC. The van der Waals surface area contributed by atoms with Crippen molar-refractivity contribution in [1.82, 2.24) is 9.97 Å². The maximum absolute atomic E-state index is 13.5. The number of amides is 1. The molecule has 3 heterocycles. The second-order valence-electron chi connectivity index (χ2n) is 8.65. The van der Waals surface area contributed by atoms with Crippen LogP contribution in [0.2, 0.25) is 0 Å². The summed E-state index contributed by atoms with van der Waals surface area (Å²) in [5.74, 6) is -1.79. The first-order valence-corrected chi connectivity index (χ1v) is 13.3. The quantitative estimate of drug-likeness (QED) is 0.124. The van der Waals surface area contributed by atoms with E-state index in [-0.39, 0.29) is 27.9 Å². The highest BCUT2D eigenvalue weighted by atomic mass is 32.1. The molecule has 0 spiro atoms. The number of esters is 1. The van der Waals surface area contributed by atoms with Crippen LogP contribution in [0.15, 0.2) is 48.3 Å². The smallest absolute Gasteiger partial charge is 0.350 e. The van der Waals surface area contributed by atoms with E-state index in [4.69, 9.17) is 14.2 Å². The van der Waals surface area contributed by atoms with Crippen LogP contribution in [0, 0.1) is 6.92 Å². The van der Waals surface area contributed by atoms with Gasteiger partial charge in [-0.15, -0.1) is 0 Å². The van der Waals surface area contributed by atoms with Gasteiger partial charge < -0.3 is 19.3 Å². The van der Waals surface area contributed by atoms with Crippen molar-refractivity contribution in [2.45, 2.75) is 39.7 Å². The summed E-state index contributed by atoms with van der Waals surface area (Å²) in [6.07, 6.45) is 4.77. The van der Waals surface area contributed by atoms with Gasteiger partial charge in [-0.2, -0.15) is 0 Å². The van der Waals surface area contributed by atoms with Crippen LogP contribution in [0.4, 0.5) is 5.13 Å². The lowest BCUT2D eigenvalue weighted by atomic mass is 9.95. The maximum Gasteiger partial charge on any atom is 0.350 e. The van der Waals surface area contributed by atoms with E-state index in [9.17, 15) is 19.5 Å². The molecule has 2 aromatic heterocycles. The van der Waals surface area contributed by atoms with E-state index >= 15 is 0 Å². The van der Waals surface area contributed by atoms with Crippen LogP contribution < -0.4 is 14.4 Å². The number of carbonyl (C=O) groups excluding carboxylic acids is 3. The lowest BCUT2D eigenvalue weighted by Crippen LogP contribution is -2.29. The number of aryl methyl sites for hydroxylation is 1. The molecule has 1 aliphatic rings. The molecule has 1 aliphatic heterocycles. The molecule has 11 heteroatoms. The summed E-state index contributed by atoms with van der Waals surface area (Å²) < 4.78 is 16.5. The van der Waals surface area contributed by atoms with Gasteiger partial charge in [0, 0.05) is 18.0 Å². The number of Topliss-reactive ketones (excluding diaryl/α,β-unsaturated/α-hetero) is 1. The number of benzene rings is 1. The van der Waals surface area contributed by atoms with Crippen molar-refractivity contribution in [3.63, 3.8) is 0 Å². The maximum atomic E-state index is 13.5. The molecule has 204 valence electrons. The number of methoxy groups -OCH3 is 1. The molecule has 0 aliphatic carbocycles. The van der Waals surface area contributed by atoms with Gasteiger partial charge in [0.15, 0.2) is 16.6 Å². The van der Waals surface area contributed by atoms with E-state index in [0.29, 0.717) is 34.9 Å². The number of pyridine rings is 1. The number of thiazole rings is 1. The first-order chi connectivity index (χ1) is 18.8. The van der Waals surface area contributed by atoms with Gasteiger partial charge in [0.1, 0.15) is 10.6 Å². The first-order valence-electron chi connectivity index (χ1n) is 12.5. The highest BCUT2D eigenvalue weighted by molar-refractivity contribution is 7.17. The summed E-state index contributed by atoms with van der Waals surface area (Å²) in [6, 6.07) is 7.09. The minimum atomic E-state index is -1.06. The number of rotatable bonds is 10. The van der Waals surface area contributed by atoms with E-state index in [1.807, 2.05) is 0 Å². The van der Waals surface area contributed by atoms with Gasteiger partial charge in [-0.1, -0.05) is 30.7 Å². The van der Waals surface area contributed by atoms with Crippen molar-refractivity contribution < 1.29 is 33.7 Å². The Bertz CT molecular complexity index is 1420. The van der Waals surface area contributed by atoms with E-state index in [2.05, 4.69) is 16.9 Å². The molecule has 0 radical (unpaired) electrons. The Labute approximate surface area is 229 Å². The number of nitrogens with zero attached hydrogens (tertiary/aromatic N) is 3. The molecule has 39 heavy (non-hydrogen) atoms. The van der Waals surface area contributed by atoms with Crippen molar-refractivity contribution >= 4 is 39.9 Å². The van der Waals surface area contributed by atoms with Crippen molar-refractivity contribution in [2.24, 2.45) is 0 Å². The molecular weight excluding hydrogens is 522 g/mol. The molecule has 3 aromatic rings. The van der Waals surface area contributed by atoms with Crippen LogP contribution in [0.1, 0.15) is 59.2 Å². The number of carbonyl (C=O) groups is 3. The zero-order valence-electron chi connectivity index (χ0n) is 22.1. The van der Waals surface area contributed by atoms with Crippen molar-refractivity contribution in [3.8, 4) is 11.5 Å². The summed E-state index contributed by atoms with van der Waals surface area (Å²) in [7, 11) is 1.50. The molecule has 1 N–H and O–H groups in total. The van der Waals surface area contributed by atoms with Crippen LogP contribution in [-0.4, -0.2) is 53.1 Å². The normalized spacial score (nSPS) is 16.4. The van der Waals surface area contributed by atoms with E-state index < -0.39 is 23.7 Å². The number of ether oxygens (including phenoxy) is 3. The molecule has 1 aromatic carbocycles. The summed E-state index contributed by atoms with van der Waals surface area (Å²) in [5, 5.41) is 11.4. The molecule has 10 nitrogen and oxygen atoms in total. The number of unbranched alkanes of at least 4 members (excludes halogenated alkanes) is 1. The Morgan fingerprint density at radius 1 is 1.13 bits per heavy atom. The summed E-state index contributed by atoms with van der Waals surface area (Å²) in [6.45, 7) is 6.05. The van der Waals surface area contributed by atoms with E-state index in [1.165, 1.54) is 36.5 Å². The Kier molecular flexibility index (Phi) is 8.60. The van der Waals surface area contributed by atoms with Crippen molar-refractivity contribution in [3.05, 3.63) is 70.0 Å². The van der Waals surface area contributed by atoms with Gasteiger partial charge in [-0.05, 0) is 50.1 Å². The third kappa shape index (κ3) is 5.49. The molecule has 1 amide bonds. The molecule has 0 saturated carbocycles. The number of aromatic nitrogens is 2. The largest absolute Gasteiger partial charge is 0.507 e. The molecule has 4 rings (SSSR count). The topological polar surface area (TPSA) is 128 Å². The molecule has 1 atom stereocenters. The van der Waals surface area contributed by atoms with Crippen molar-refractivity contribution in [1.29, 1.82) is 0 Å². The second-order valence-corrected chi connectivity index (χ2v) is 9.63. The Hall–Kier alpha value is -4.25. The standard InChI is InChI=1S/C28H29N3O7S/c1-5-7-14-38-19-9-8-18(15-20(19)36-4)22-21(23(32)17-10-12-29-13-11-17)24(33)26(34)31(22)28-30-16(3)25(39-28)27(35)37-6-2/h8-13,15,22,32H,5-7,14H2,1-4H3/b23-21+. The lowest BCUT2D eigenvalue weighted by Gasteiger charge is -2.24. The monoisotopic (exact) mass is 551 g/mol. The van der Waals surface area contributed by atoms with Crippen LogP contribution >= 0.6 is 11.3 Å². The number of aliphatic hydroxyl groups excluding tert-OH is 1. The van der Waals surface area contributed by atoms with Crippen molar-refractivity contribution in [2.75, 3.05) is 25.2 Å². The predicted octanol–water partition coefficient (Wildman–Crippen LogP) is 4.84. The van der Waals surface area contributed by atoms with Gasteiger partial charge >= 0.3 is 11.9 Å². The predicted molar refractivity (Wildman–Crippen MR) is 145 cm³/mol. The Balaban J connectivity index is 1.88. The summed E-state index contributed by atoms with van der Waals surface area (Å²) in [4.78, 5) is 49.2. The Morgan fingerprint density at radius 3 is 2.54 bits per heavy atom. The molecule has 1 saturated heterocycles. The average Bonchev–Trinajstić information content (AvgIpc) is 3.45. The fourth-order valence-electron chi connectivity index (χ4n) is 4.18. The van der Waals surface area contributed by atoms with E-state index in [0.717, 1.165) is 24.2 Å². The minimum Gasteiger partial charge on any atom is -0.507 e. The number of hydrogen-bond acceptors (Lipinski definition) is 10. The third-order valence-corrected chi connectivity index (χ3v) is 7.25. The summed E-state index contributed by atoms with van der Waals surface area (Å²) >= 11 is 0.942. The molecule has 1 fully saturated rings. The molecular formula is C28H29N3O7S. The van der Waals surface area contributed by atoms with Gasteiger partial charge in [0.2, 0.25) is 0 Å². The second kappa shape index (κ2) is 12.1. The number of anilines is 1. The fourth-order valence-corrected chi connectivity index (χ4v) is 5.17. The van der Waals surface area contributed by atoms with Gasteiger partial charge in [0.25, 0.3) is 5.78 Å². The summed E-state index contributed by atoms with van der Waals surface area (Å²) in [5.41, 5.74) is 1.04. The van der Waals surface area contributed by atoms with Crippen LogP contribution in [-0.2, 0) is 14.3 Å². The van der Waals surface area contributed by atoms with Gasteiger partial charge in [0.05, 0.1) is 37.6 Å². The average molecular weight is 552 g/mol. The highest BCUT2D eigenvalue weighted by Crippen LogP contribution is 2.45. The minimum absolute atomic E-state index is 0.124. The number of aliphatic hydroxyl groups is 1. The molecule has 1 unspecified atom stereocenters. The zero-order valence-corrected chi connectivity index (χ0v) is 22.9. The Morgan fingerprint density at radius 2 is 1.87 bits per heavy atom. The van der Waals surface area contributed by atoms with Crippen LogP contribution in [0.25, 0.3) is 5.76 Å².